The maximum Gasteiger partial charge on any atom is 0.328 e. The zero-order valence-electron chi connectivity index (χ0n) is 15.9. The maximum absolute atomic E-state index is 15.1. The van der Waals surface area contributed by atoms with Gasteiger partial charge < -0.3 is 0 Å². The third-order valence-electron chi connectivity index (χ3n) is 4.32. The molecule has 0 aliphatic rings. The van der Waals surface area contributed by atoms with Crippen LogP contribution in [0.25, 0.3) is 0 Å². The van der Waals surface area contributed by atoms with Crippen molar-refractivity contribution in [2.24, 2.45) is 0 Å². The van der Waals surface area contributed by atoms with E-state index in [1.165, 1.54) is 36.4 Å². The lowest BCUT2D eigenvalue weighted by molar-refractivity contribution is 0.0303. The average Bonchev–Trinajstić information content (AvgIpc) is 2.72. The summed E-state index contributed by atoms with van der Waals surface area (Å²) in [4.78, 5) is -0.112. The molecule has 3 nitrogen and oxygen atoms in total. The molecule has 30 heavy (non-hydrogen) atoms. The summed E-state index contributed by atoms with van der Waals surface area (Å²) in [6.45, 7) is 1.80. The van der Waals surface area contributed by atoms with Gasteiger partial charge in [0.15, 0.2) is 0 Å². The van der Waals surface area contributed by atoms with Gasteiger partial charge in [0.1, 0.15) is 6.04 Å². The Labute approximate surface area is 179 Å². The highest BCUT2D eigenvalue weighted by molar-refractivity contribution is 7.89. The lowest BCUT2D eigenvalue weighted by Gasteiger charge is -2.24. The van der Waals surface area contributed by atoms with E-state index in [0.717, 1.165) is 5.56 Å². The van der Waals surface area contributed by atoms with Crippen LogP contribution in [0.2, 0.25) is 5.02 Å². The van der Waals surface area contributed by atoms with Crippen LogP contribution in [0.5, 0.6) is 0 Å². The number of rotatable bonds is 5. The van der Waals surface area contributed by atoms with E-state index in [9.17, 15) is 8.42 Å². The van der Waals surface area contributed by atoms with Crippen molar-refractivity contribution in [1.82, 2.24) is 4.72 Å². The van der Waals surface area contributed by atoms with Gasteiger partial charge in [-0.05, 0) is 54.8 Å². The molecule has 0 heterocycles. The van der Waals surface area contributed by atoms with Crippen molar-refractivity contribution in [3.05, 3.63) is 101 Å². The van der Waals surface area contributed by atoms with Crippen LogP contribution in [0.3, 0.4) is 0 Å². The van der Waals surface area contributed by atoms with Crippen LogP contribution in [0.15, 0.2) is 83.8 Å². The standard InChI is InChI=1S/C23H18ClF2NO2S/c1-17-7-13-21(14-8-17)30(28,29)27-22(19-9-11-20(24)12-10-19)23(25,26)16-15-18-5-3-2-4-6-18/h2-14,22,27H,1H3. The van der Waals surface area contributed by atoms with Gasteiger partial charge in [-0.3, -0.25) is 0 Å². The van der Waals surface area contributed by atoms with Crippen molar-refractivity contribution >= 4 is 21.6 Å². The van der Waals surface area contributed by atoms with Gasteiger partial charge in [0.25, 0.3) is 0 Å². The van der Waals surface area contributed by atoms with Crippen molar-refractivity contribution in [3.8, 4) is 11.8 Å². The number of benzene rings is 3. The first-order valence-corrected chi connectivity index (χ1v) is 10.8. The highest BCUT2D eigenvalue weighted by Crippen LogP contribution is 2.33. The summed E-state index contributed by atoms with van der Waals surface area (Å²) >= 11 is 5.86. The second-order valence-electron chi connectivity index (χ2n) is 6.66. The molecule has 1 N–H and O–H groups in total. The average molecular weight is 446 g/mol. The molecule has 0 bridgehead atoms. The predicted molar refractivity (Wildman–Crippen MR) is 114 cm³/mol. The van der Waals surface area contributed by atoms with Gasteiger partial charge in [-0.15, -0.1) is 0 Å². The summed E-state index contributed by atoms with van der Waals surface area (Å²) < 4.78 is 58.0. The molecule has 154 valence electrons. The first-order valence-electron chi connectivity index (χ1n) is 8.98. The summed E-state index contributed by atoms with van der Waals surface area (Å²) in [5.74, 6) is 0.654. The molecular weight excluding hydrogens is 428 g/mol. The van der Waals surface area contributed by atoms with E-state index in [0.29, 0.717) is 10.6 Å². The number of hydrogen-bond acceptors (Lipinski definition) is 2. The van der Waals surface area contributed by atoms with Crippen molar-refractivity contribution in [1.29, 1.82) is 0 Å². The predicted octanol–water partition coefficient (Wildman–Crippen LogP) is 5.36. The molecule has 0 aliphatic carbocycles. The zero-order chi connectivity index (χ0) is 21.8. The summed E-state index contributed by atoms with van der Waals surface area (Å²) in [7, 11) is -4.23. The maximum atomic E-state index is 15.1. The SMILES string of the molecule is Cc1ccc(S(=O)(=O)NC(c2ccc(Cl)cc2)C(F)(F)C#Cc2ccccc2)cc1. The van der Waals surface area contributed by atoms with Gasteiger partial charge in [-0.1, -0.05) is 65.5 Å². The Bertz CT molecular complexity index is 1170. The van der Waals surface area contributed by atoms with Gasteiger partial charge >= 0.3 is 5.92 Å². The van der Waals surface area contributed by atoms with E-state index in [2.05, 4.69) is 10.6 Å². The largest absolute Gasteiger partial charge is 0.328 e. The minimum Gasteiger partial charge on any atom is -0.207 e. The molecule has 1 unspecified atom stereocenters. The molecule has 0 aromatic heterocycles. The number of alkyl halides is 2. The smallest absolute Gasteiger partial charge is 0.207 e. The fourth-order valence-electron chi connectivity index (χ4n) is 2.70. The Morgan fingerprint density at radius 1 is 0.933 bits per heavy atom. The fourth-order valence-corrected chi connectivity index (χ4v) is 4.05. The number of sulfonamides is 1. The van der Waals surface area contributed by atoms with Crippen molar-refractivity contribution in [3.63, 3.8) is 0 Å². The molecule has 0 spiro atoms. The van der Waals surface area contributed by atoms with E-state index >= 15 is 8.78 Å². The van der Waals surface area contributed by atoms with Crippen LogP contribution in [0, 0.1) is 18.8 Å². The van der Waals surface area contributed by atoms with Crippen molar-refractivity contribution in [2.75, 3.05) is 0 Å². The molecule has 7 heteroatoms. The normalized spacial score (nSPS) is 12.7. The van der Waals surface area contributed by atoms with Crippen LogP contribution in [0.4, 0.5) is 8.78 Å². The molecule has 0 saturated carbocycles. The molecule has 1 atom stereocenters. The van der Waals surface area contributed by atoms with Gasteiger partial charge in [0.05, 0.1) is 4.90 Å². The van der Waals surface area contributed by atoms with Crippen LogP contribution in [0.1, 0.15) is 22.7 Å². The summed E-state index contributed by atoms with van der Waals surface area (Å²) in [5.41, 5.74) is 1.29. The molecule has 0 fully saturated rings. The van der Waals surface area contributed by atoms with Gasteiger partial charge in [-0.2, -0.15) is 13.5 Å². The topological polar surface area (TPSA) is 46.2 Å². The highest BCUT2D eigenvalue weighted by atomic mass is 35.5. The van der Waals surface area contributed by atoms with Crippen molar-refractivity contribution in [2.45, 2.75) is 23.8 Å². The molecule has 0 saturated heterocycles. The molecule has 3 rings (SSSR count). The van der Waals surface area contributed by atoms with Crippen LogP contribution in [-0.4, -0.2) is 14.3 Å². The second kappa shape index (κ2) is 8.97. The van der Waals surface area contributed by atoms with Gasteiger partial charge in [-0.25, -0.2) is 8.42 Å². The zero-order valence-corrected chi connectivity index (χ0v) is 17.5. The van der Waals surface area contributed by atoms with Gasteiger partial charge in [0, 0.05) is 10.6 Å². The summed E-state index contributed by atoms with van der Waals surface area (Å²) in [6.07, 6.45) is 0. The Balaban J connectivity index is 2.01. The number of hydrogen-bond donors (Lipinski definition) is 1. The summed E-state index contributed by atoms with van der Waals surface area (Å²) in [5, 5.41) is 0.345. The molecule has 0 radical (unpaired) electrons. The van der Waals surface area contributed by atoms with Crippen LogP contribution >= 0.6 is 11.6 Å². The minimum atomic E-state index is -4.23. The fraction of sp³-hybridized carbons (Fsp3) is 0.130. The Morgan fingerprint density at radius 2 is 1.53 bits per heavy atom. The molecule has 3 aromatic carbocycles. The first-order chi connectivity index (χ1) is 14.2. The second-order valence-corrected chi connectivity index (χ2v) is 8.81. The number of halogens is 3. The number of nitrogens with one attached hydrogen (secondary N) is 1. The van der Waals surface area contributed by atoms with Crippen molar-refractivity contribution < 1.29 is 17.2 Å². The van der Waals surface area contributed by atoms with E-state index in [1.54, 1.807) is 49.4 Å². The third-order valence-corrected chi connectivity index (χ3v) is 6.01. The van der Waals surface area contributed by atoms with E-state index in [-0.39, 0.29) is 10.5 Å². The first kappa shape index (κ1) is 22.0. The quantitative estimate of drug-likeness (QED) is 0.538. The minimum absolute atomic E-state index is 0.0439. The van der Waals surface area contributed by atoms with Crippen LogP contribution in [-0.2, 0) is 10.0 Å². The lowest BCUT2D eigenvalue weighted by Crippen LogP contribution is -2.39. The molecule has 3 aromatic rings. The molecular formula is C23H18ClF2NO2S. The Hall–Kier alpha value is -2.72. The van der Waals surface area contributed by atoms with Gasteiger partial charge in [0.2, 0.25) is 10.0 Å². The third kappa shape index (κ3) is 5.45. The monoisotopic (exact) mass is 445 g/mol. The highest BCUT2D eigenvalue weighted by Gasteiger charge is 2.42. The molecule has 0 aliphatic heterocycles. The number of aryl methyl sites for hydroxylation is 1. The summed E-state index contributed by atoms with van der Waals surface area (Å²) in [6, 6.07) is 17.9. The van der Waals surface area contributed by atoms with E-state index in [4.69, 9.17) is 11.6 Å². The Kier molecular flexibility index (Phi) is 6.57. The van der Waals surface area contributed by atoms with E-state index in [1.807, 2.05) is 5.92 Å². The molecule has 0 amide bonds. The van der Waals surface area contributed by atoms with E-state index < -0.39 is 22.0 Å². The van der Waals surface area contributed by atoms with Crippen LogP contribution < -0.4 is 4.72 Å². The Morgan fingerprint density at radius 3 is 2.13 bits per heavy atom. The lowest BCUT2D eigenvalue weighted by atomic mass is 10.0.